The van der Waals surface area contributed by atoms with Crippen LogP contribution in [0.25, 0.3) is 0 Å². The lowest BCUT2D eigenvalue weighted by atomic mass is 10.1. The number of aromatic nitrogens is 2. The van der Waals surface area contributed by atoms with Crippen molar-refractivity contribution in [2.24, 2.45) is 5.84 Å². The number of nitrogens with zero attached hydrogens (tertiary/aromatic N) is 3. The smallest absolute Gasteiger partial charge is 0.145 e. The number of anilines is 2. The minimum absolute atomic E-state index is 0.00513. The number of nitrogen functional groups attached to an aromatic ring is 1. The fourth-order valence-electron chi connectivity index (χ4n) is 2.62. The molecule has 0 aromatic carbocycles. The molecule has 1 saturated heterocycles. The molecule has 1 aliphatic rings. The van der Waals surface area contributed by atoms with Crippen LogP contribution < -0.4 is 16.2 Å². The lowest BCUT2D eigenvalue weighted by Gasteiger charge is -2.42. The minimum atomic E-state index is -0.335. The van der Waals surface area contributed by atoms with Gasteiger partial charge >= 0.3 is 0 Å². The van der Waals surface area contributed by atoms with E-state index < -0.39 is 0 Å². The highest BCUT2D eigenvalue weighted by molar-refractivity contribution is 5.49. The highest BCUT2D eigenvalue weighted by atomic mass is 16.5. The van der Waals surface area contributed by atoms with Crippen LogP contribution in [0.3, 0.4) is 0 Å². The first kappa shape index (κ1) is 15.9. The molecule has 0 amide bonds. The number of hydrogen-bond acceptors (Lipinski definition) is 7. The number of ether oxygens (including phenoxy) is 1. The van der Waals surface area contributed by atoms with Gasteiger partial charge in [-0.2, -0.15) is 0 Å². The second kappa shape index (κ2) is 6.55. The third kappa shape index (κ3) is 4.03. The summed E-state index contributed by atoms with van der Waals surface area (Å²) in [4.78, 5) is 11.1. The number of nitrogens with two attached hydrogens (primary N) is 1. The monoisotopic (exact) mass is 295 g/mol. The van der Waals surface area contributed by atoms with Crippen LogP contribution in [0.4, 0.5) is 11.6 Å². The predicted octanol–water partition coefficient (Wildman–Crippen LogP) is 0.691. The SMILES string of the molecule is CCCc1nc(NN)cc(N2CC(CO)OC(C)(C)C2)n1. The van der Waals surface area contributed by atoms with Gasteiger partial charge in [0, 0.05) is 25.6 Å². The molecule has 1 atom stereocenters. The molecule has 1 aromatic rings. The van der Waals surface area contributed by atoms with Gasteiger partial charge in [0.2, 0.25) is 0 Å². The molecule has 118 valence electrons. The van der Waals surface area contributed by atoms with Crippen molar-refractivity contribution in [2.45, 2.75) is 45.3 Å². The summed E-state index contributed by atoms with van der Waals surface area (Å²) in [5, 5.41) is 9.41. The summed E-state index contributed by atoms with van der Waals surface area (Å²) < 4.78 is 5.83. The lowest BCUT2D eigenvalue weighted by molar-refractivity contribution is -0.101. The zero-order chi connectivity index (χ0) is 15.5. The summed E-state index contributed by atoms with van der Waals surface area (Å²) in [7, 11) is 0. The van der Waals surface area contributed by atoms with E-state index in [9.17, 15) is 5.11 Å². The Morgan fingerprint density at radius 1 is 1.52 bits per heavy atom. The number of morpholine rings is 1. The number of nitrogens with one attached hydrogen (secondary N) is 1. The first-order valence-electron chi connectivity index (χ1n) is 7.35. The Hall–Kier alpha value is -1.44. The molecule has 0 spiro atoms. The first-order chi connectivity index (χ1) is 9.97. The van der Waals surface area contributed by atoms with Gasteiger partial charge in [0.05, 0.1) is 18.3 Å². The van der Waals surface area contributed by atoms with E-state index >= 15 is 0 Å². The van der Waals surface area contributed by atoms with Crippen molar-refractivity contribution >= 4 is 11.6 Å². The van der Waals surface area contributed by atoms with E-state index in [-0.39, 0.29) is 18.3 Å². The molecule has 0 saturated carbocycles. The Labute approximate surface area is 125 Å². The summed E-state index contributed by atoms with van der Waals surface area (Å²) in [6, 6.07) is 1.83. The Bertz CT molecular complexity index is 480. The van der Waals surface area contributed by atoms with Gasteiger partial charge in [-0.1, -0.05) is 6.92 Å². The van der Waals surface area contributed by atoms with E-state index in [1.807, 2.05) is 19.9 Å². The van der Waals surface area contributed by atoms with Gasteiger partial charge in [-0.05, 0) is 20.3 Å². The maximum absolute atomic E-state index is 9.41. The molecule has 1 fully saturated rings. The molecule has 1 aliphatic heterocycles. The maximum Gasteiger partial charge on any atom is 0.145 e. The summed E-state index contributed by atoms with van der Waals surface area (Å²) in [6.45, 7) is 7.42. The topological polar surface area (TPSA) is 96.5 Å². The Balaban J connectivity index is 2.28. The van der Waals surface area contributed by atoms with E-state index in [2.05, 4.69) is 27.2 Å². The predicted molar refractivity (Wildman–Crippen MR) is 82.1 cm³/mol. The highest BCUT2D eigenvalue weighted by Gasteiger charge is 2.34. The van der Waals surface area contributed by atoms with Crippen molar-refractivity contribution in [3.05, 3.63) is 11.9 Å². The summed E-state index contributed by atoms with van der Waals surface area (Å²) >= 11 is 0. The average Bonchev–Trinajstić information content (AvgIpc) is 2.45. The van der Waals surface area contributed by atoms with Gasteiger partial charge in [0.1, 0.15) is 17.5 Å². The number of aliphatic hydroxyl groups excluding tert-OH is 1. The molecule has 1 aromatic heterocycles. The van der Waals surface area contributed by atoms with E-state index in [4.69, 9.17) is 10.6 Å². The number of hydrogen-bond donors (Lipinski definition) is 3. The van der Waals surface area contributed by atoms with Gasteiger partial charge in [-0.25, -0.2) is 15.8 Å². The maximum atomic E-state index is 9.41. The standard InChI is InChI=1S/C14H25N5O2/c1-4-5-11-16-12(18-15)6-13(17-11)19-7-10(8-20)21-14(2,3)9-19/h6,10,20H,4-5,7-9,15H2,1-3H3,(H,16,17,18). The fourth-order valence-corrected chi connectivity index (χ4v) is 2.62. The molecule has 2 rings (SSSR count). The van der Waals surface area contributed by atoms with E-state index in [1.165, 1.54) is 0 Å². The number of hydrazine groups is 1. The third-order valence-corrected chi connectivity index (χ3v) is 3.39. The molecule has 7 heteroatoms. The Morgan fingerprint density at radius 2 is 2.29 bits per heavy atom. The van der Waals surface area contributed by atoms with Crippen LogP contribution >= 0.6 is 0 Å². The van der Waals surface area contributed by atoms with Crippen LogP contribution in [0.15, 0.2) is 6.07 Å². The van der Waals surface area contributed by atoms with Crippen LogP contribution in [-0.4, -0.2) is 46.5 Å². The molecule has 0 bridgehead atoms. The molecular weight excluding hydrogens is 270 g/mol. The lowest BCUT2D eigenvalue weighted by Crippen LogP contribution is -2.54. The average molecular weight is 295 g/mol. The quantitative estimate of drug-likeness (QED) is 0.543. The molecule has 4 N–H and O–H groups in total. The van der Waals surface area contributed by atoms with Gasteiger partial charge < -0.3 is 20.2 Å². The molecule has 2 heterocycles. The van der Waals surface area contributed by atoms with Gasteiger partial charge in [0.25, 0.3) is 0 Å². The second-order valence-corrected chi connectivity index (χ2v) is 5.98. The summed E-state index contributed by atoms with van der Waals surface area (Å²) in [6.07, 6.45) is 1.56. The van der Waals surface area contributed by atoms with Gasteiger partial charge in [0.15, 0.2) is 0 Å². The zero-order valence-electron chi connectivity index (χ0n) is 13.0. The Kier molecular flexibility index (Phi) is 4.97. The molecule has 0 aliphatic carbocycles. The normalized spacial score (nSPS) is 21.4. The van der Waals surface area contributed by atoms with E-state index in [0.29, 0.717) is 18.9 Å². The molecular formula is C14H25N5O2. The number of aryl methyl sites for hydroxylation is 1. The van der Waals surface area contributed by atoms with Crippen molar-refractivity contribution in [3.8, 4) is 0 Å². The van der Waals surface area contributed by atoms with Gasteiger partial charge in [-0.15, -0.1) is 0 Å². The van der Waals surface area contributed by atoms with Crippen molar-refractivity contribution < 1.29 is 9.84 Å². The van der Waals surface area contributed by atoms with E-state index in [1.54, 1.807) is 0 Å². The third-order valence-electron chi connectivity index (χ3n) is 3.39. The van der Waals surface area contributed by atoms with Crippen molar-refractivity contribution in [3.63, 3.8) is 0 Å². The second-order valence-electron chi connectivity index (χ2n) is 5.98. The minimum Gasteiger partial charge on any atom is -0.394 e. The van der Waals surface area contributed by atoms with Gasteiger partial charge in [-0.3, -0.25) is 0 Å². The first-order valence-corrected chi connectivity index (χ1v) is 7.35. The molecule has 7 nitrogen and oxygen atoms in total. The fraction of sp³-hybridized carbons (Fsp3) is 0.714. The van der Waals surface area contributed by atoms with Crippen LogP contribution in [0, 0.1) is 0 Å². The van der Waals surface area contributed by atoms with Crippen molar-refractivity contribution in [1.29, 1.82) is 0 Å². The van der Waals surface area contributed by atoms with Crippen LogP contribution in [0.1, 0.15) is 33.0 Å². The summed E-state index contributed by atoms with van der Waals surface area (Å²) in [5.74, 6) is 7.69. The van der Waals surface area contributed by atoms with Crippen LogP contribution in [0.5, 0.6) is 0 Å². The molecule has 1 unspecified atom stereocenters. The zero-order valence-corrected chi connectivity index (χ0v) is 13.0. The van der Waals surface area contributed by atoms with Crippen molar-refractivity contribution in [1.82, 2.24) is 9.97 Å². The summed E-state index contributed by atoms with van der Waals surface area (Å²) in [5.41, 5.74) is 2.26. The highest BCUT2D eigenvalue weighted by Crippen LogP contribution is 2.26. The van der Waals surface area contributed by atoms with E-state index in [0.717, 1.165) is 24.5 Å². The molecule has 0 radical (unpaired) electrons. The van der Waals surface area contributed by atoms with Crippen LogP contribution in [0.2, 0.25) is 0 Å². The largest absolute Gasteiger partial charge is 0.394 e. The number of rotatable bonds is 5. The van der Waals surface area contributed by atoms with Crippen molar-refractivity contribution in [2.75, 3.05) is 30.0 Å². The van der Waals surface area contributed by atoms with Crippen LogP contribution in [-0.2, 0) is 11.2 Å². The number of aliphatic hydroxyl groups is 1. The Morgan fingerprint density at radius 3 is 2.90 bits per heavy atom. The molecule has 21 heavy (non-hydrogen) atoms.